The van der Waals surface area contributed by atoms with Gasteiger partial charge in [0.25, 0.3) is 0 Å². The maximum absolute atomic E-state index is 12.3. The van der Waals surface area contributed by atoms with Gasteiger partial charge in [-0.05, 0) is 218 Å². The SMILES string of the molecule is C/C=C/C(=O)C(C)C.CC(=O)CN(C)C/C=C/C(=O)C(C)C.CC(C)C(=O)/C=C/CN(C)CC(=O)N(C)C.CC(C)C(=O)/C=C/C[N+](C)(C)C.CC(C)C(=O)C1=CCC1.CC1CN(C/C=C/C(=O)C(C)C)C1.CCC1CCCN(C(=O)CN(C)C/C=C/C(=O)C(C)C)C1.CCCN(C)C/C=C/C(=O)C(C)C.CCCN(C)C/C=C/C(=O)C(C)C.CCCN(C)C/C=C/C(=O)C(C)C.CCCN(C/C=C/C(=O)C(C)C)CC(=O)NC. The number of nitrogens with zero attached hydrogens (tertiary/aromatic N) is 11. The Bertz CT molecular complexity index is 3890. The molecule has 27 heteroatoms. The van der Waals surface area contributed by atoms with E-state index < -0.39 is 0 Å². The molecule has 1 N–H and O–H groups in total. The molecule has 1 atom stereocenters. The number of carbonyl (C=O) groups is 15. The molecule has 2 heterocycles. The predicted molar refractivity (Wildman–Crippen MR) is 627 cm³/mol. The van der Waals surface area contributed by atoms with Crippen molar-refractivity contribution in [3.8, 4) is 0 Å². The summed E-state index contributed by atoms with van der Waals surface area (Å²) >= 11 is 0. The molecule has 0 aromatic carbocycles. The zero-order valence-corrected chi connectivity index (χ0v) is 102. The maximum atomic E-state index is 12.3. The summed E-state index contributed by atoms with van der Waals surface area (Å²) in [6.45, 7) is 75.1. The summed E-state index contributed by atoms with van der Waals surface area (Å²) in [4.78, 5) is 189. The minimum atomic E-state index is 0.00189. The van der Waals surface area contributed by atoms with Crippen LogP contribution in [0.1, 0.15) is 265 Å². The van der Waals surface area contributed by atoms with Crippen molar-refractivity contribution in [2.24, 2.45) is 76.9 Å². The number of ketones is 12. The molecule has 858 valence electrons. The lowest BCUT2D eigenvalue weighted by atomic mass is 9.90. The fraction of sp³-hybridized carbons (Fsp3) is 0.697. The second kappa shape index (κ2) is 96.3. The van der Waals surface area contributed by atoms with Gasteiger partial charge in [0.1, 0.15) is 5.78 Å². The highest BCUT2D eigenvalue weighted by Gasteiger charge is 2.25. The van der Waals surface area contributed by atoms with Crippen LogP contribution in [-0.4, -0.2) is 363 Å². The zero-order valence-electron chi connectivity index (χ0n) is 102. The van der Waals surface area contributed by atoms with Crippen LogP contribution in [-0.2, 0) is 71.9 Å². The second-order valence-electron chi connectivity index (χ2n) is 43.8. The predicted octanol–water partition coefficient (Wildman–Crippen LogP) is 18.9. The van der Waals surface area contributed by atoms with Crippen molar-refractivity contribution in [3.05, 3.63) is 133 Å². The quantitative estimate of drug-likeness (QED) is 0.0437. The van der Waals surface area contributed by atoms with Crippen molar-refractivity contribution < 1.29 is 76.4 Å². The molecule has 0 bridgehead atoms. The summed E-state index contributed by atoms with van der Waals surface area (Å²) in [6, 6.07) is 0. The van der Waals surface area contributed by atoms with Crippen LogP contribution in [0.2, 0.25) is 0 Å². The molecule has 2 aliphatic heterocycles. The number of Topliss-reactive ketones (excluding diaryl/α,β-unsaturated/α-hetero) is 2. The van der Waals surface area contributed by atoms with E-state index in [9.17, 15) is 71.9 Å². The second-order valence-corrected chi connectivity index (χ2v) is 43.8. The monoisotopic (exact) mass is 2090 g/mol. The number of carbonyl (C=O) groups excluding carboxylic acids is 15. The van der Waals surface area contributed by atoms with Gasteiger partial charge in [-0.15, -0.1) is 0 Å². The van der Waals surface area contributed by atoms with Crippen molar-refractivity contribution in [2.75, 3.05) is 222 Å². The van der Waals surface area contributed by atoms with E-state index in [4.69, 9.17) is 0 Å². The Morgan fingerprint density at radius 3 is 0.926 bits per heavy atom. The van der Waals surface area contributed by atoms with Gasteiger partial charge in [0.15, 0.2) is 63.6 Å². The summed E-state index contributed by atoms with van der Waals surface area (Å²) in [7, 11) is 23.2. The Morgan fingerprint density at radius 1 is 0.383 bits per heavy atom. The Kier molecular flexibility index (Phi) is 100. The van der Waals surface area contributed by atoms with E-state index in [1.54, 1.807) is 112 Å². The Morgan fingerprint density at radius 2 is 0.678 bits per heavy atom. The fourth-order valence-corrected chi connectivity index (χ4v) is 12.3. The van der Waals surface area contributed by atoms with Gasteiger partial charge in [0.2, 0.25) is 17.7 Å². The van der Waals surface area contributed by atoms with Crippen LogP contribution < -0.4 is 5.32 Å². The topological polar surface area (TPSA) is 300 Å². The molecule has 2 saturated heterocycles. The normalized spacial score (nSPS) is 13.9. The van der Waals surface area contributed by atoms with Crippen molar-refractivity contribution in [1.82, 2.24) is 54.3 Å². The Hall–Kier alpha value is -8.77. The minimum Gasteiger partial charge on any atom is -0.358 e. The molecule has 2 fully saturated rings. The summed E-state index contributed by atoms with van der Waals surface area (Å²) in [5.41, 5.74) is 1.05. The molecule has 0 aromatic heterocycles. The number of amides is 3. The lowest BCUT2D eigenvalue weighted by Crippen LogP contribution is -2.44. The Balaban J connectivity index is -0.000000246. The van der Waals surface area contributed by atoms with Gasteiger partial charge in [0.05, 0.1) is 53.9 Å². The molecule has 1 unspecified atom stereocenters. The van der Waals surface area contributed by atoms with Gasteiger partial charge < -0.3 is 34.3 Å². The van der Waals surface area contributed by atoms with E-state index in [0.717, 1.165) is 139 Å². The highest BCUT2D eigenvalue weighted by Crippen LogP contribution is 2.22. The largest absolute Gasteiger partial charge is 0.358 e. The van der Waals surface area contributed by atoms with Crippen LogP contribution in [0.15, 0.2) is 133 Å². The van der Waals surface area contributed by atoms with Crippen LogP contribution in [0.4, 0.5) is 0 Å². The zero-order chi connectivity index (χ0) is 117. The first kappa shape index (κ1) is 155. The van der Waals surface area contributed by atoms with Gasteiger partial charge in [-0.2, -0.15) is 0 Å². The van der Waals surface area contributed by atoms with Gasteiger partial charge >= 0.3 is 0 Å². The van der Waals surface area contributed by atoms with Crippen molar-refractivity contribution >= 4 is 87.1 Å². The number of likely N-dealkylation sites (N-methyl/N-ethyl adjacent to an activating group) is 9. The maximum Gasteiger partial charge on any atom is 0.236 e. The smallest absolute Gasteiger partial charge is 0.236 e. The van der Waals surface area contributed by atoms with Gasteiger partial charge in [-0.3, -0.25) is 96.4 Å². The third-order valence-corrected chi connectivity index (χ3v) is 22.5. The molecule has 0 aromatic rings. The summed E-state index contributed by atoms with van der Waals surface area (Å²) < 4.78 is 0.863. The molecule has 0 radical (unpaired) electrons. The van der Waals surface area contributed by atoms with E-state index in [-0.39, 0.29) is 146 Å². The summed E-state index contributed by atoms with van der Waals surface area (Å²) in [5, 5.41) is 2.60. The van der Waals surface area contributed by atoms with E-state index in [0.29, 0.717) is 64.1 Å². The molecule has 3 amide bonds. The van der Waals surface area contributed by atoms with Crippen LogP contribution in [0.3, 0.4) is 0 Å². The van der Waals surface area contributed by atoms with E-state index >= 15 is 0 Å². The number of rotatable bonds is 57. The van der Waals surface area contributed by atoms with Crippen molar-refractivity contribution in [1.29, 1.82) is 0 Å². The minimum absolute atomic E-state index is 0.00189. The first-order chi connectivity index (χ1) is 69.3. The third kappa shape index (κ3) is 101. The number of likely N-dealkylation sites (tertiary alicyclic amines) is 2. The Labute approximate surface area is 910 Å². The highest BCUT2D eigenvalue weighted by molar-refractivity contribution is 5.98. The first-order valence-electron chi connectivity index (χ1n) is 55.0. The van der Waals surface area contributed by atoms with Crippen molar-refractivity contribution in [2.45, 2.75) is 265 Å². The molecule has 0 spiro atoms. The van der Waals surface area contributed by atoms with E-state index in [1.807, 2.05) is 253 Å². The van der Waals surface area contributed by atoms with Gasteiger partial charge in [-0.1, -0.05) is 261 Å². The first-order valence-corrected chi connectivity index (χ1v) is 55.0. The lowest BCUT2D eigenvalue weighted by Gasteiger charge is -2.36. The average Bonchev–Trinajstić information content (AvgIpc) is 0.883. The molecule has 3 aliphatic rings. The van der Waals surface area contributed by atoms with E-state index in [1.165, 1.54) is 19.5 Å². The van der Waals surface area contributed by atoms with Crippen LogP contribution in [0.25, 0.3) is 0 Å². The number of piperidine rings is 1. The number of hydrogen-bond acceptors (Lipinski definition) is 23. The molecule has 149 heavy (non-hydrogen) atoms. The van der Waals surface area contributed by atoms with Gasteiger partial charge in [-0.25, -0.2) is 0 Å². The van der Waals surface area contributed by atoms with Crippen LogP contribution in [0, 0.1) is 76.9 Å². The third-order valence-electron chi connectivity index (χ3n) is 22.5. The number of quaternary nitrogens is 1. The lowest BCUT2D eigenvalue weighted by molar-refractivity contribution is -0.864. The number of hydrogen-bond donors (Lipinski definition) is 1. The van der Waals surface area contributed by atoms with E-state index in [2.05, 4.69) is 109 Å². The summed E-state index contributed by atoms with van der Waals surface area (Å²) in [6.07, 6.45) is 47.4. The van der Waals surface area contributed by atoms with Gasteiger partial charge in [0, 0.05) is 165 Å². The number of allylic oxidation sites excluding steroid dienone is 13. The molecule has 1 aliphatic carbocycles. The number of nitrogens with one attached hydrogen (secondary N) is 1. The van der Waals surface area contributed by atoms with Crippen molar-refractivity contribution in [3.63, 3.8) is 0 Å². The standard InChI is InChI=1S/C17H30N2O2.C13H24N2O2.C12H22N2O2.C11H19NO2.C11H19NO.3C11H21NO.C10H20NO.C8H12O.C7H12O/c1-5-15-8-6-11-19(12-15)17(21)13-18(4)10-7-9-16(20)14(2)3;1-5-8-15(10-13(17)14-4)9-6-7-12(16)11(2)3;1-10(2)11(15)7-6-8-14(5)9-12(16)13(3)4;1-9(2)11(14)6-5-7-12(4)8-10(3)13;1-9(2)11(13)5-4-6-12-7-10(3)8-12;3*1-5-8-12(4)9-6-7-11(13)10(2)3;1-9(2)10(12)7-6-8-11(3,4)5;1-6(2)8(9)7-4-3-5-7;1-4-5-7(8)6(2)3/h7,9,14-15H,5-6,8,10-13H2,1-4H3;6-7,11H,5,8-10H2,1-4H3,(H,14,17);6-7,10H,8-9H2,1-5H3;5-6,9H,7-8H2,1-4H3;4-5,9-10H,6-8H2,1-3H3;3*6-7,10H,5,8-9H2,1-4H3;6-7,9H,8H2,1-5H3;4,6H,3,5H2,1-2H3;4-6H,1-3H3/q;;;;;;;;+1;;/b9-7+;2*7-6+;6-5+;5-4+;4*7-6+;;5-4+. The molecular weight excluding hydrogens is 1870 g/mol. The molecule has 3 rings (SSSR count). The van der Waals surface area contributed by atoms with Crippen LogP contribution >= 0.6 is 0 Å². The molecular formula is C122H221N12O15+. The summed E-state index contributed by atoms with van der Waals surface area (Å²) in [5.74, 6) is 5.12. The molecule has 0 saturated carbocycles. The highest BCUT2D eigenvalue weighted by atomic mass is 16.2. The fourth-order valence-electron chi connectivity index (χ4n) is 12.3. The average molecular weight is 2100 g/mol. The molecule has 27 nitrogen and oxygen atoms in total. The van der Waals surface area contributed by atoms with Crippen LogP contribution in [0.5, 0.6) is 0 Å².